The lowest BCUT2D eigenvalue weighted by molar-refractivity contribution is 0.386. The number of hydrogen-bond acceptors (Lipinski definition) is 3. The number of aromatic hydroxyl groups is 1. The minimum atomic E-state index is -0.371. The van der Waals surface area contributed by atoms with E-state index in [2.05, 4.69) is 0 Å². The second kappa shape index (κ2) is 8.37. The predicted molar refractivity (Wildman–Crippen MR) is 100 cm³/mol. The topological polar surface area (TPSA) is 50.4 Å². The molecule has 1 atom stereocenters. The van der Waals surface area contributed by atoms with Crippen molar-refractivity contribution in [3.63, 3.8) is 0 Å². The zero-order valence-electron chi connectivity index (χ0n) is 15.1. The molecule has 0 spiro atoms. The summed E-state index contributed by atoms with van der Waals surface area (Å²) in [5.41, 5.74) is 1.98. The summed E-state index contributed by atoms with van der Waals surface area (Å²) in [6.07, 6.45) is 9.18. The van der Waals surface area contributed by atoms with Gasteiger partial charge in [0.05, 0.1) is 5.56 Å². The Hall–Kier alpha value is -2.03. The summed E-state index contributed by atoms with van der Waals surface area (Å²) in [6, 6.07) is 9.93. The summed E-state index contributed by atoms with van der Waals surface area (Å²) in [7, 11) is 0. The van der Waals surface area contributed by atoms with Gasteiger partial charge in [-0.1, -0.05) is 62.9 Å². The highest BCUT2D eigenvalue weighted by Gasteiger charge is 2.25. The van der Waals surface area contributed by atoms with Crippen molar-refractivity contribution in [2.24, 2.45) is 0 Å². The third-order valence-corrected chi connectivity index (χ3v) is 5.35. The van der Waals surface area contributed by atoms with Crippen LogP contribution in [-0.4, -0.2) is 5.11 Å². The highest BCUT2D eigenvalue weighted by atomic mass is 16.4. The van der Waals surface area contributed by atoms with Crippen LogP contribution in [0.4, 0.5) is 0 Å². The molecule has 134 valence electrons. The van der Waals surface area contributed by atoms with E-state index in [4.69, 9.17) is 4.42 Å². The maximum atomic E-state index is 12.7. The average molecular weight is 340 g/mol. The first-order valence-electron chi connectivity index (χ1n) is 9.65. The summed E-state index contributed by atoms with van der Waals surface area (Å²) in [4.78, 5) is 12.7. The van der Waals surface area contributed by atoms with Gasteiger partial charge in [0.25, 0.3) is 0 Å². The summed E-state index contributed by atoms with van der Waals surface area (Å²) < 4.78 is 5.73. The fourth-order valence-corrected chi connectivity index (χ4v) is 3.97. The zero-order valence-corrected chi connectivity index (χ0v) is 15.1. The van der Waals surface area contributed by atoms with Crippen molar-refractivity contribution in [3.8, 4) is 5.75 Å². The smallest absolute Gasteiger partial charge is 0.343 e. The number of fused-ring (bicyclic) bond motifs is 1. The van der Waals surface area contributed by atoms with Crippen LogP contribution >= 0.6 is 0 Å². The van der Waals surface area contributed by atoms with Crippen molar-refractivity contribution >= 4 is 0 Å². The lowest BCUT2D eigenvalue weighted by Crippen LogP contribution is -2.17. The molecule has 3 nitrogen and oxygen atoms in total. The van der Waals surface area contributed by atoms with E-state index in [9.17, 15) is 9.90 Å². The molecule has 3 rings (SSSR count). The van der Waals surface area contributed by atoms with Crippen molar-refractivity contribution in [2.75, 3.05) is 0 Å². The molecule has 1 unspecified atom stereocenters. The van der Waals surface area contributed by atoms with Crippen LogP contribution < -0.4 is 5.63 Å². The van der Waals surface area contributed by atoms with Crippen LogP contribution in [0.1, 0.15) is 80.2 Å². The van der Waals surface area contributed by atoms with Crippen molar-refractivity contribution in [1.82, 2.24) is 0 Å². The third kappa shape index (κ3) is 3.97. The fourth-order valence-electron chi connectivity index (χ4n) is 3.97. The van der Waals surface area contributed by atoms with E-state index in [0.717, 1.165) is 49.7 Å². The Morgan fingerprint density at radius 3 is 2.32 bits per heavy atom. The molecular formula is C22H28O3. The highest BCUT2D eigenvalue weighted by Crippen LogP contribution is 2.36. The second-order valence-electron chi connectivity index (χ2n) is 7.05. The highest BCUT2D eigenvalue weighted by molar-refractivity contribution is 5.45. The summed E-state index contributed by atoms with van der Waals surface area (Å²) >= 11 is 0. The Morgan fingerprint density at radius 1 is 1.00 bits per heavy atom. The maximum absolute atomic E-state index is 12.7. The molecule has 0 fully saturated rings. The number of benzene rings is 1. The molecule has 3 heteroatoms. The van der Waals surface area contributed by atoms with Crippen LogP contribution in [0, 0.1) is 0 Å². The van der Waals surface area contributed by atoms with Gasteiger partial charge in [0.15, 0.2) is 0 Å². The van der Waals surface area contributed by atoms with Gasteiger partial charge in [-0.25, -0.2) is 4.79 Å². The van der Waals surface area contributed by atoms with Gasteiger partial charge in [0.1, 0.15) is 11.5 Å². The van der Waals surface area contributed by atoms with Crippen molar-refractivity contribution in [3.05, 3.63) is 63.2 Å². The van der Waals surface area contributed by atoms with Crippen molar-refractivity contribution in [2.45, 2.75) is 70.6 Å². The molecule has 1 aliphatic rings. The molecule has 0 radical (unpaired) electrons. The molecule has 0 amide bonds. The SMILES string of the molecule is CCC(c1ccccc1)c1c(O)c2c(oc1=O)CCCCCCCC2. The van der Waals surface area contributed by atoms with Crippen molar-refractivity contribution < 1.29 is 9.52 Å². The quantitative estimate of drug-likeness (QED) is 0.822. The Morgan fingerprint density at radius 2 is 1.64 bits per heavy atom. The van der Waals surface area contributed by atoms with Gasteiger partial charge < -0.3 is 9.52 Å². The van der Waals surface area contributed by atoms with E-state index in [1.165, 1.54) is 19.3 Å². The minimum absolute atomic E-state index is 0.127. The van der Waals surface area contributed by atoms with Crippen molar-refractivity contribution in [1.29, 1.82) is 0 Å². The number of hydrogen-bond donors (Lipinski definition) is 1. The molecule has 1 aromatic carbocycles. The molecule has 0 saturated heterocycles. The van der Waals surface area contributed by atoms with E-state index >= 15 is 0 Å². The molecule has 1 heterocycles. The Balaban J connectivity index is 2.06. The average Bonchev–Trinajstić information content (AvgIpc) is 2.64. The molecule has 0 aliphatic heterocycles. The van der Waals surface area contributed by atoms with Crippen LogP contribution in [0.3, 0.4) is 0 Å². The molecule has 25 heavy (non-hydrogen) atoms. The molecular weight excluding hydrogens is 312 g/mol. The Kier molecular flexibility index (Phi) is 5.95. The zero-order chi connectivity index (χ0) is 17.6. The Bertz CT molecular complexity index is 746. The van der Waals surface area contributed by atoms with Crippen LogP contribution in [-0.2, 0) is 12.8 Å². The van der Waals surface area contributed by atoms with Gasteiger partial charge in [-0.3, -0.25) is 0 Å². The van der Waals surface area contributed by atoms with E-state index < -0.39 is 0 Å². The number of rotatable bonds is 3. The van der Waals surface area contributed by atoms with E-state index in [1.54, 1.807) is 0 Å². The molecule has 2 aromatic rings. The first-order valence-corrected chi connectivity index (χ1v) is 9.65. The minimum Gasteiger partial charge on any atom is -0.507 e. The number of aryl methyl sites for hydroxylation is 1. The Labute approximate surface area is 149 Å². The van der Waals surface area contributed by atoms with E-state index in [-0.39, 0.29) is 17.3 Å². The van der Waals surface area contributed by atoms with Crippen LogP contribution in [0.25, 0.3) is 0 Å². The third-order valence-electron chi connectivity index (χ3n) is 5.35. The van der Waals surface area contributed by atoms with Crippen LogP contribution in [0.15, 0.2) is 39.5 Å². The predicted octanol–water partition coefficient (Wildman–Crippen LogP) is 5.33. The summed E-state index contributed by atoms with van der Waals surface area (Å²) in [6.45, 7) is 2.04. The lowest BCUT2D eigenvalue weighted by atomic mass is 9.87. The first-order chi connectivity index (χ1) is 12.2. The summed E-state index contributed by atoms with van der Waals surface area (Å²) in [5.74, 6) is 0.761. The molecule has 0 bridgehead atoms. The first kappa shape index (κ1) is 17.8. The lowest BCUT2D eigenvalue weighted by Gasteiger charge is -2.20. The maximum Gasteiger partial charge on any atom is 0.343 e. The van der Waals surface area contributed by atoms with Gasteiger partial charge >= 0.3 is 5.63 Å². The van der Waals surface area contributed by atoms with Gasteiger partial charge in [-0.2, -0.15) is 0 Å². The molecule has 0 saturated carbocycles. The monoisotopic (exact) mass is 340 g/mol. The normalized spacial score (nSPS) is 16.8. The van der Waals surface area contributed by atoms with Crippen LogP contribution in [0.2, 0.25) is 0 Å². The fraction of sp³-hybridized carbons (Fsp3) is 0.500. The molecule has 1 N–H and O–H groups in total. The largest absolute Gasteiger partial charge is 0.507 e. The van der Waals surface area contributed by atoms with E-state index in [0.29, 0.717) is 11.3 Å². The standard InChI is InChI=1S/C22H28O3/c1-2-17(16-12-8-7-9-13-16)20-21(23)18-14-10-5-3-4-6-11-15-19(18)25-22(20)24/h7-9,12-13,17,23H,2-6,10-11,14-15H2,1H3. The van der Waals surface area contributed by atoms with Gasteiger partial charge in [0, 0.05) is 17.9 Å². The van der Waals surface area contributed by atoms with Crippen LogP contribution in [0.5, 0.6) is 5.75 Å². The summed E-state index contributed by atoms with van der Waals surface area (Å²) in [5, 5.41) is 11.0. The van der Waals surface area contributed by atoms with Gasteiger partial charge in [-0.05, 0) is 31.2 Å². The molecule has 1 aromatic heterocycles. The molecule has 1 aliphatic carbocycles. The second-order valence-corrected chi connectivity index (χ2v) is 7.05. The van der Waals surface area contributed by atoms with Gasteiger partial charge in [0.2, 0.25) is 0 Å². The van der Waals surface area contributed by atoms with Gasteiger partial charge in [-0.15, -0.1) is 0 Å². The van der Waals surface area contributed by atoms with E-state index in [1.807, 2.05) is 37.3 Å².